The summed E-state index contributed by atoms with van der Waals surface area (Å²) in [6, 6.07) is 12.4. The summed E-state index contributed by atoms with van der Waals surface area (Å²) < 4.78 is 13.8. The van der Waals surface area contributed by atoms with Gasteiger partial charge in [-0.2, -0.15) is 0 Å². The van der Waals surface area contributed by atoms with E-state index in [-0.39, 0.29) is 11.9 Å². The molecule has 2 N–H and O–H groups in total. The molecule has 0 fully saturated rings. The molecule has 0 radical (unpaired) electrons. The Balaban J connectivity index is 2.23. The Morgan fingerprint density at radius 1 is 1.26 bits per heavy atom. The Morgan fingerprint density at radius 2 is 2.00 bits per heavy atom. The molecular weight excluding hydrogens is 281 g/mol. The van der Waals surface area contributed by atoms with Gasteiger partial charge < -0.3 is 5.73 Å². The number of nitrogens with two attached hydrogens (primary N) is 1. The van der Waals surface area contributed by atoms with Crippen LogP contribution < -0.4 is 5.73 Å². The highest BCUT2D eigenvalue weighted by Gasteiger charge is 2.13. The van der Waals surface area contributed by atoms with Crippen LogP contribution in [-0.2, 0) is 6.42 Å². The van der Waals surface area contributed by atoms with E-state index >= 15 is 0 Å². The van der Waals surface area contributed by atoms with Gasteiger partial charge in [0.15, 0.2) is 0 Å². The molecule has 0 bridgehead atoms. The van der Waals surface area contributed by atoms with Crippen molar-refractivity contribution < 1.29 is 4.39 Å². The van der Waals surface area contributed by atoms with E-state index in [2.05, 4.69) is 0 Å². The normalized spacial score (nSPS) is 12.4. The van der Waals surface area contributed by atoms with Crippen LogP contribution in [0.5, 0.6) is 0 Å². The minimum atomic E-state index is -0.301. The summed E-state index contributed by atoms with van der Waals surface area (Å²) in [6.45, 7) is 0. The topological polar surface area (TPSA) is 26.0 Å². The predicted octanol–water partition coefficient (Wildman–Crippen LogP) is 4.44. The number of rotatable bonds is 4. The zero-order valence-corrected chi connectivity index (χ0v) is 12.1. The third kappa shape index (κ3) is 3.50. The molecule has 100 valence electrons. The quantitative estimate of drug-likeness (QED) is 0.844. The summed E-state index contributed by atoms with van der Waals surface area (Å²) >= 11 is 7.39. The molecule has 1 nitrogen and oxygen atoms in total. The number of halogens is 2. The van der Waals surface area contributed by atoms with E-state index in [1.807, 2.05) is 30.5 Å². The second-order valence-electron chi connectivity index (χ2n) is 4.29. The van der Waals surface area contributed by atoms with Crippen LogP contribution in [0.15, 0.2) is 47.4 Å². The van der Waals surface area contributed by atoms with E-state index in [4.69, 9.17) is 17.3 Å². The molecule has 0 amide bonds. The Labute approximate surface area is 122 Å². The lowest BCUT2D eigenvalue weighted by molar-refractivity contribution is 0.591. The zero-order valence-electron chi connectivity index (χ0n) is 10.6. The Bertz CT molecular complexity index is 574. The van der Waals surface area contributed by atoms with E-state index < -0.39 is 0 Å². The van der Waals surface area contributed by atoms with Crippen LogP contribution in [0.2, 0.25) is 5.02 Å². The maximum atomic E-state index is 13.8. The van der Waals surface area contributed by atoms with E-state index in [0.29, 0.717) is 17.0 Å². The number of hydrogen-bond acceptors (Lipinski definition) is 2. The van der Waals surface area contributed by atoms with Crippen molar-refractivity contribution in [2.24, 2.45) is 5.73 Å². The molecule has 0 saturated carbocycles. The summed E-state index contributed by atoms with van der Waals surface area (Å²) in [5.74, 6) is -0.301. The smallest absolute Gasteiger partial charge is 0.127 e. The van der Waals surface area contributed by atoms with Gasteiger partial charge in [-0.25, -0.2) is 4.39 Å². The number of hydrogen-bond donors (Lipinski definition) is 1. The first-order valence-electron chi connectivity index (χ1n) is 5.94. The first kappa shape index (κ1) is 14.4. The Kier molecular flexibility index (Phi) is 4.86. The standard InChI is InChI=1S/C15H15ClFNS/c1-19-15-5-3-2-4-12(15)14(18)8-10-6-7-11(16)9-13(10)17/h2-7,9,14H,8,18H2,1H3. The van der Waals surface area contributed by atoms with Crippen molar-refractivity contribution in [1.29, 1.82) is 0 Å². The molecule has 19 heavy (non-hydrogen) atoms. The monoisotopic (exact) mass is 295 g/mol. The second-order valence-corrected chi connectivity index (χ2v) is 5.57. The fourth-order valence-electron chi connectivity index (χ4n) is 2.01. The van der Waals surface area contributed by atoms with E-state index in [9.17, 15) is 4.39 Å². The van der Waals surface area contributed by atoms with Crippen LogP contribution >= 0.6 is 23.4 Å². The van der Waals surface area contributed by atoms with Crippen LogP contribution in [0.25, 0.3) is 0 Å². The number of benzene rings is 2. The molecule has 4 heteroatoms. The van der Waals surface area contributed by atoms with Crippen molar-refractivity contribution in [3.05, 3.63) is 64.4 Å². The summed E-state index contributed by atoms with van der Waals surface area (Å²) in [6.07, 6.45) is 2.47. The molecule has 1 atom stereocenters. The Morgan fingerprint density at radius 3 is 2.68 bits per heavy atom. The maximum absolute atomic E-state index is 13.8. The van der Waals surface area contributed by atoms with E-state index in [0.717, 1.165) is 10.5 Å². The zero-order chi connectivity index (χ0) is 13.8. The van der Waals surface area contributed by atoms with E-state index in [1.165, 1.54) is 6.07 Å². The fourth-order valence-corrected chi connectivity index (χ4v) is 2.84. The highest BCUT2D eigenvalue weighted by Crippen LogP contribution is 2.27. The molecule has 0 aliphatic heterocycles. The lowest BCUT2D eigenvalue weighted by atomic mass is 9.99. The van der Waals surface area contributed by atoms with Crippen LogP contribution in [0.3, 0.4) is 0 Å². The van der Waals surface area contributed by atoms with Gasteiger partial charge in [-0.3, -0.25) is 0 Å². The third-order valence-corrected chi connectivity index (χ3v) is 4.04. The first-order valence-corrected chi connectivity index (χ1v) is 7.54. The van der Waals surface area contributed by atoms with Crippen LogP contribution in [0.1, 0.15) is 17.2 Å². The molecule has 0 aliphatic rings. The van der Waals surface area contributed by atoms with Crippen molar-refractivity contribution in [1.82, 2.24) is 0 Å². The minimum absolute atomic E-state index is 0.223. The summed E-state index contributed by atoms with van der Waals surface area (Å²) in [5, 5.41) is 0.402. The van der Waals surface area contributed by atoms with Gasteiger partial charge in [-0.05, 0) is 42.0 Å². The van der Waals surface area contributed by atoms with Gasteiger partial charge >= 0.3 is 0 Å². The number of thioether (sulfide) groups is 1. The van der Waals surface area contributed by atoms with Gasteiger partial charge in [-0.15, -0.1) is 11.8 Å². The van der Waals surface area contributed by atoms with Crippen LogP contribution in [0, 0.1) is 5.82 Å². The van der Waals surface area contributed by atoms with Crippen LogP contribution in [-0.4, -0.2) is 6.26 Å². The molecule has 2 aromatic rings. The summed E-state index contributed by atoms with van der Waals surface area (Å²) in [7, 11) is 0. The van der Waals surface area contributed by atoms with Gasteiger partial charge in [0.05, 0.1) is 0 Å². The fraction of sp³-hybridized carbons (Fsp3) is 0.200. The molecule has 2 rings (SSSR count). The maximum Gasteiger partial charge on any atom is 0.127 e. The largest absolute Gasteiger partial charge is 0.324 e. The molecule has 0 aromatic heterocycles. The van der Waals surface area contributed by atoms with Crippen molar-refractivity contribution >= 4 is 23.4 Å². The van der Waals surface area contributed by atoms with Crippen LogP contribution in [0.4, 0.5) is 4.39 Å². The molecule has 2 aromatic carbocycles. The molecular formula is C15H15ClFNS. The van der Waals surface area contributed by atoms with Crippen molar-refractivity contribution in [3.63, 3.8) is 0 Å². The highest BCUT2D eigenvalue weighted by molar-refractivity contribution is 7.98. The third-order valence-electron chi connectivity index (χ3n) is 2.99. The molecule has 0 spiro atoms. The lowest BCUT2D eigenvalue weighted by Gasteiger charge is -2.16. The summed E-state index contributed by atoms with van der Waals surface area (Å²) in [4.78, 5) is 1.13. The predicted molar refractivity (Wildman–Crippen MR) is 80.3 cm³/mol. The van der Waals surface area contributed by atoms with Crippen molar-refractivity contribution in [2.75, 3.05) is 6.26 Å². The van der Waals surface area contributed by atoms with Gasteiger partial charge in [0.1, 0.15) is 5.82 Å². The van der Waals surface area contributed by atoms with E-state index in [1.54, 1.807) is 23.9 Å². The first-order chi connectivity index (χ1) is 9.11. The van der Waals surface area contributed by atoms with Gasteiger partial charge in [0.25, 0.3) is 0 Å². The Hall–Kier alpha value is -1.03. The SMILES string of the molecule is CSc1ccccc1C(N)Cc1ccc(Cl)cc1F. The molecule has 0 aliphatic carbocycles. The molecule has 1 unspecified atom stereocenters. The average Bonchev–Trinajstić information content (AvgIpc) is 2.41. The molecule has 0 heterocycles. The second kappa shape index (κ2) is 6.42. The van der Waals surface area contributed by atoms with Gasteiger partial charge in [0.2, 0.25) is 0 Å². The van der Waals surface area contributed by atoms with Crippen molar-refractivity contribution in [3.8, 4) is 0 Å². The minimum Gasteiger partial charge on any atom is -0.324 e. The van der Waals surface area contributed by atoms with Crippen molar-refractivity contribution in [2.45, 2.75) is 17.4 Å². The summed E-state index contributed by atoms with van der Waals surface area (Å²) in [5.41, 5.74) is 7.83. The molecule has 0 saturated heterocycles. The lowest BCUT2D eigenvalue weighted by Crippen LogP contribution is -2.15. The average molecular weight is 296 g/mol. The van der Waals surface area contributed by atoms with Gasteiger partial charge in [0, 0.05) is 16.0 Å². The highest BCUT2D eigenvalue weighted by atomic mass is 35.5. The van der Waals surface area contributed by atoms with Gasteiger partial charge in [-0.1, -0.05) is 35.9 Å².